The number of hydrogen-bond acceptors (Lipinski definition) is 6. The molecule has 1 aromatic carbocycles. The second-order valence-electron chi connectivity index (χ2n) is 6.14. The van der Waals surface area contributed by atoms with Crippen molar-refractivity contribution in [3.63, 3.8) is 0 Å². The number of nitrogens with two attached hydrogens (primary N) is 1. The molecule has 0 aliphatic rings. The topological polar surface area (TPSA) is 104 Å². The summed E-state index contributed by atoms with van der Waals surface area (Å²) in [6, 6.07) is 4.55. The Hall–Kier alpha value is -2.61. The summed E-state index contributed by atoms with van der Waals surface area (Å²) in [5.74, 6) is -2.79. The number of benzene rings is 1. The lowest BCUT2D eigenvalue weighted by atomic mass is 10.1. The molecule has 1 aromatic heterocycles. The van der Waals surface area contributed by atoms with E-state index in [1.807, 2.05) is 0 Å². The van der Waals surface area contributed by atoms with E-state index in [0.717, 1.165) is 5.56 Å². The fourth-order valence-electron chi connectivity index (χ4n) is 2.16. The summed E-state index contributed by atoms with van der Waals surface area (Å²) < 4.78 is 108. The fourth-order valence-corrected chi connectivity index (χ4v) is 2.86. The number of hydrogen-bond donors (Lipinski definition) is 1. The fraction of sp³-hybridized carbons (Fsp3) is 0.375. The monoisotopic (exact) mass is 459 g/mol. The van der Waals surface area contributed by atoms with Crippen LogP contribution in [0.1, 0.15) is 11.1 Å². The van der Waals surface area contributed by atoms with Crippen LogP contribution in [0.3, 0.4) is 0 Å². The molecule has 0 bridgehead atoms. The van der Waals surface area contributed by atoms with Crippen LogP contribution in [0, 0.1) is 13.8 Å². The maximum Gasteiger partial charge on any atom is 0.422 e. The first-order valence-corrected chi connectivity index (χ1v) is 9.53. The summed E-state index contributed by atoms with van der Waals surface area (Å²) in [5, 5.41) is 4.94. The zero-order chi connectivity index (χ0) is 22.9. The molecule has 0 spiro atoms. The van der Waals surface area contributed by atoms with Crippen LogP contribution < -0.4 is 14.6 Å². The number of primary sulfonamides is 1. The lowest BCUT2D eigenvalue weighted by Gasteiger charge is -2.16. The third-order valence-corrected chi connectivity index (χ3v) is 4.52. The van der Waals surface area contributed by atoms with Crippen LogP contribution >= 0.6 is 0 Å². The van der Waals surface area contributed by atoms with Gasteiger partial charge in [0.2, 0.25) is 26.7 Å². The molecular weight excluding hydrogens is 444 g/mol. The van der Waals surface area contributed by atoms with E-state index in [1.54, 1.807) is 19.9 Å². The second-order valence-corrected chi connectivity index (χ2v) is 7.64. The van der Waals surface area contributed by atoms with Crippen molar-refractivity contribution in [1.29, 1.82) is 0 Å². The largest absolute Gasteiger partial charge is 0.467 e. The van der Waals surface area contributed by atoms with E-state index in [4.69, 9.17) is 5.14 Å². The summed E-state index contributed by atoms with van der Waals surface area (Å²) in [7, 11) is -4.92. The number of sulfonamides is 1. The molecule has 2 rings (SSSR count). The number of alkyl halides is 6. The van der Waals surface area contributed by atoms with Crippen LogP contribution in [0.25, 0.3) is 11.4 Å². The molecule has 0 radical (unpaired) electrons. The Morgan fingerprint density at radius 2 is 1.37 bits per heavy atom. The third kappa shape index (κ3) is 6.45. The minimum absolute atomic E-state index is 0.174. The number of nitrogens with zero attached hydrogens (tertiary/aromatic N) is 2. The number of halogens is 6. The lowest BCUT2D eigenvalue weighted by Crippen LogP contribution is -2.25. The molecule has 0 unspecified atom stereocenters. The summed E-state index contributed by atoms with van der Waals surface area (Å²) in [4.78, 5) is 5.94. The zero-order valence-corrected chi connectivity index (χ0v) is 16.2. The van der Waals surface area contributed by atoms with Crippen molar-refractivity contribution in [3.05, 3.63) is 29.3 Å². The first kappa shape index (κ1) is 23.7. The Morgan fingerprint density at radius 1 is 0.900 bits per heavy atom. The minimum atomic E-state index is -4.92. The van der Waals surface area contributed by atoms with Gasteiger partial charge in [0, 0.05) is 5.56 Å². The summed E-state index contributed by atoms with van der Waals surface area (Å²) in [5.41, 5.74) is 1.72. The molecule has 0 saturated heterocycles. The van der Waals surface area contributed by atoms with Crippen LogP contribution in [0.4, 0.5) is 26.3 Å². The smallest absolute Gasteiger partial charge is 0.422 e. The van der Waals surface area contributed by atoms with Gasteiger partial charge >= 0.3 is 12.4 Å². The Balaban J connectivity index is 2.70. The molecule has 0 amide bonds. The predicted molar refractivity (Wildman–Crippen MR) is 91.4 cm³/mol. The van der Waals surface area contributed by atoms with E-state index in [1.165, 1.54) is 12.1 Å². The Morgan fingerprint density at radius 3 is 1.73 bits per heavy atom. The predicted octanol–water partition coefficient (Wildman–Crippen LogP) is 3.29. The van der Waals surface area contributed by atoms with Crippen molar-refractivity contribution in [2.24, 2.45) is 5.14 Å². The van der Waals surface area contributed by atoms with Gasteiger partial charge in [-0.1, -0.05) is 12.1 Å². The Labute approximate surface area is 166 Å². The molecule has 30 heavy (non-hydrogen) atoms. The van der Waals surface area contributed by atoms with Crippen LogP contribution in [0.5, 0.6) is 11.8 Å². The molecule has 2 aromatic rings. The second kappa shape index (κ2) is 8.26. The highest BCUT2D eigenvalue weighted by atomic mass is 32.2. The van der Waals surface area contributed by atoms with Crippen LogP contribution in [0.15, 0.2) is 23.1 Å². The van der Waals surface area contributed by atoms with Gasteiger partial charge in [-0.3, -0.25) is 0 Å². The standard InChI is InChI=1S/C16H15F6N3O4S/c1-8-3-4-10(5-9(8)2)12-24-13(28-6-15(17,18)19)11(30(23,26)27)14(25-12)29-7-16(20,21)22/h3-5H,6-7H2,1-2H3,(H2,23,26,27). The molecule has 0 atom stereocenters. The Kier molecular flexibility index (Phi) is 6.51. The summed E-state index contributed by atoms with van der Waals surface area (Å²) in [6.45, 7) is -0.491. The van der Waals surface area contributed by atoms with Crippen molar-refractivity contribution in [2.45, 2.75) is 31.1 Å². The van der Waals surface area contributed by atoms with Crippen molar-refractivity contribution < 1.29 is 44.2 Å². The molecule has 2 N–H and O–H groups in total. The van der Waals surface area contributed by atoms with E-state index in [9.17, 15) is 34.8 Å². The van der Waals surface area contributed by atoms with E-state index in [-0.39, 0.29) is 5.56 Å². The van der Waals surface area contributed by atoms with E-state index < -0.39 is 58.1 Å². The average molecular weight is 459 g/mol. The van der Waals surface area contributed by atoms with Gasteiger partial charge in [0.15, 0.2) is 19.0 Å². The highest BCUT2D eigenvalue weighted by Gasteiger charge is 2.35. The normalized spacial score (nSPS) is 12.7. The molecule has 0 fully saturated rings. The highest BCUT2D eigenvalue weighted by molar-refractivity contribution is 7.89. The van der Waals surface area contributed by atoms with Crippen molar-refractivity contribution >= 4 is 10.0 Å². The SMILES string of the molecule is Cc1ccc(-c2nc(OCC(F)(F)F)c(S(N)(=O)=O)c(OCC(F)(F)F)n2)cc1C. The molecule has 0 saturated carbocycles. The summed E-state index contributed by atoms with van der Waals surface area (Å²) in [6.07, 6.45) is -9.79. The Bertz CT molecular complexity index is 999. The van der Waals surface area contributed by atoms with Gasteiger partial charge in [0.05, 0.1) is 0 Å². The number of aromatic nitrogens is 2. The van der Waals surface area contributed by atoms with Gasteiger partial charge in [-0.05, 0) is 31.0 Å². The number of ether oxygens (including phenoxy) is 2. The van der Waals surface area contributed by atoms with Crippen LogP contribution in [-0.4, -0.2) is 44.0 Å². The third-order valence-electron chi connectivity index (χ3n) is 3.60. The number of aryl methyl sites for hydroxylation is 2. The highest BCUT2D eigenvalue weighted by Crippen LogP contribution is 2.34. The lowest BCUT2D eigenvalue weighted by molar-refractivity contribution is -0.155. The van der Waals surface area contributed by atoms with E-state index in [2.05, 4.69) is 19.4 Å². The van der Waals surface area contributed by atoms with Gasteiger partial charge in [-0.15, -0.1) is 0 Å². The average Bonchev–Trinajstić information content (AvgIpc) is 2.57. The van der Waals surface area contributed by atoms with Crippen molar-refractivity contribution in [3.8, 4) is 23.1 Å². The maximum atomic E-state index is 12.6. The van der Waals surface area contributed by atoms with Crippen molar-refractivity contribution in [1.82, 2.24) is 9.97 Å². The minimum Gasteiger partial charge on any atom is -0.467 e. The van der Waals surface area contributed by atoms with Crippen molar-refractivity contribution in [2.75, 3.05) is 13.2 Å². The molecule has 7 nitrogen and oxygen atoms in total. The van der Waals surface area contributed by atoms with Gasteiger partial charge in [-0.25, -0.2) is 13.6 Å². The van der Waals surface area contributed by atoms with E-state index in [0.29, 0.717) is 5.56 Å². The van der Waals surface area contributed by atoms with Gasteiger partial charge < -0.3 is 9.47 Å². The van der Waals surface area contributed by atoms with Crippen LogP contribution in [-0.2, 0) is 10.0 Å². The van der Waals surface area contributed by atoms with Gasteiger partial charge in [-0.2, -0.15) is 36.3 Å². The zero-order valence-electron chi connectivity index (χ0n) is 15.4. The molecule has 166 valence electrons. The molecule has 14 heteroatoms. The first-order chi connectivity index (χ1) is 13.6. The molecule has 0 aliphatic heterocycles. The molecule has 0 aliphatic carbocycles. The molecule has 1 heterocycles. The number of rotatable bonds is 6. The quantitative estimate of drug-likeness (QED) is 0.665. The first-order valence-electron chi connectivity index (χ1n) is 7.98. The summed E-state index contributed by atoms with van der Waals surface area (Å²) >= 11 is 0. The van der Waals surface area contributed by atoms with E-state index >= 15 is 0 Å². The maximum absolute atomic E-state index is 12.6. The van der Waals surface area contributed by atoms with Gasteiger partial charge in [0.1, 0.15) is 0 Å². The van der Waals surface area contributed by atoms with Crippen LogP contribution in [0.2, 0.25) is 0 Å². The molecular formula is C16H15F6N3O4S. The van der Waals surface area contributed by atoms with Gasteiger partial charge in [0.25, 0.3) is 0 Å².